The summed E-state index contributed by atoms with van der Waals surface area (Å²) in [5.74, 6) is -1.61. The van der Waals surface area contributed by atoms with Crippen molar-refractivity contribution in [3.8, 4) is 0 Å². The van der Waals surface area contributed by atoms with Crippen LogP contribution in [0, 0.1) is 0 Å². The maximum atomic E-state index is 13.9. The Balaban J connectivity index is 2.61. The summed E-state index contributed by atoms with van der Waals surface area (Å²) in [7, 11) is 0. The van der Waals surface area contributed by atoms with Gasteiger partial charge in [0.2, 0.25) is 11.8 Å². The summed E-state index contributed by atoms with van der Waals surface area (Å²) in [6.07, 6.45) is 33.5. The second-order valence-corrected chi connectivity index (χ2v) is 17.2. The maximum absolute atomic E-state index is 13.9. The summed E-state index contributed by atoms with van der Waals surface area (Å²) >= 11 is 0. The van der Waals surface area contributed by atoms with E-state index in [0.29, 0.717) is 13.0 Å². The second-order valence-electron chi connectivity index (χ2n) is 17.2. The number of amides is 2. The van der Waals surface area contributed by atoms with E-state index in [2.05, 4.69) is 19.2 Å². The number of carboxylic acid groups (broad SMARTS) is 1. The predicted octanol–water partition coefficient (Wildman–Crippen LogP) is 10.5. The minimum atomic E-state index is -1.48. The Kier molecular flexibility index (Phi) is 34.8. The Morgan fingerprint density at radius 2 is 0.895 bits per heavy atom. The fourth-order valence-corrected chi connectivity index (χ4v) is 8.19. The average Bonchev–Trinajstić information content (AvgIpc) is 3.19. The lowest BCUT2D eigenvalue weighted by molar-refractivity contribution is -0.231. The molecular formula is C47H90N2O8. The Bertz CT molecular complexity index is 968. The van der Waals surface area contributed by atoms with Crippen molar-refractivity contribution in [3.05, 3.63) is 0 Å². The van der Waals surface area contributed by atoms with Gasteiger partial charge in [0.05, 0.1) is 6.61 Å². The van der Waals surface area contributed by atoms with Gasteiger partial charge in [0.25, 0.3) is 0 Å². The van der Waals surface area contributed by atoms with Gasteiger partial charge in [-0.25, -0.2) is 0 Å². The molecule has 0 unspecified atom stereocenters. The highest BCUT2D eigenvalue weighted by atomic mass is 16.5. The van der Waals surface area contributed by atoms with Crippen LogP contribution in [0.25, 0.3) is 0 Å². The third-order valence-corrected chi connectivity index (χ3v) is 11.9. The summed E-state index contributed by atoms with van der Waals surface area (Å²) in [6, 6.07) is -1.12. The molecule has 0 aromatic rings. The first kappa shape index (κ1) is 53.3. The smallest absolute Gasteiger partial charge is 0.303 e. The third-order valence-electron chi connectivity index (χ3n) is 11.9. The van der Waals surface area contributed by atoms with Gasteiger partial charge in [-0.1, -0.05) is 200 Å². The molecule has 0 saturated carbocycles. The van der Waals surface area contributed by atoms with Gasteiger partial charge in [-0.2, -0.15) is 0 Å². The molecule has 1 rings (SSSR count). The number of rotatable bonds is 40. The van der Waals surface area contributed by atoms with Gasteiger partial charge >= 0.3 is 5.97 Å². The van der Waals surface area contributed by atoms with Crippen LogP contribution in [0.5, 0.6) is 0 Å². The molecule has 0 spiro atoms. The number of aliphatic carboxylic acids is 1. The van der Waals surface area contributed by atoms with Crippen molar-refractivity contribution < 1.29 is 39.5 Å². The molecule has 10 nitrogen and oxygen atoms in total. The number of aliphatic hydroxyl groups excluding tert-OH is 3. The van der Waals surface area contributed by atoms with E-state index in [1.54, 1.807) is 4.90 Å². The van der Waals surface area contributed by atoms with Crippen molar-refractivity contribution in [2.45, 2.75) is 269 Å². The number of carbonyl (C=O) groups excluding carboxylic acids is 2. The molecule has 336 valence electrons. The van der Waals surface area contributed by atoms with Crippen molar-refractivity contribution in [1.29, 1.82) is 0 Å². The standard InChI is InChI=1S/C47H90N2O8/c1-3-5-7-9-11-13-15-17-19-21-23-25-27-29-31-33-38-49(42(52)36-32-30-28-26-24-22-20-18-16-14-12-10-8-6-4-2)47-44(46(56)45(55)40(39-50)57-47)48-41(51)35-34-37-43(53)54/h40,44-47,50,55-56H,3-39H2,1-2H3,(H,48,51)(H,53,54)/t40-,44-,45-,46-,47-/m1/s1. The van der Waals surface area contributed by atoms with Crippen LogP contribution in [-0.2, 0) is 19.1 Å². The summed E-state index contributed by atoms with van der Waals surface area (Å²) in [6.45, 7) is 4.35. The van der Waals surface area contributed by atoms with Crippen LogP contribution in [0.3, 0.4) is 0 Å². The molecule has 0 aliphatic carbocycles. The number of aliphatic hydroxyl groups is 3. The van der Waals surface area contributed by atoms with Gasteiger partial charge in [-0.05, 0) is 19.3 Å². The zero-order chi connectivity index (χ0) is 41.8. The summed E-state index contributed by atoms with van der Waals surface area (Å²) < 4.78 is 6.10. The third kappa shape index (κ3) is 27.6. The zero-order valence-corrected chi connectivity index (χ0v) is 36.9. The van der Waals surface area contributed by atoms with E-state index in [1.807, 2.05) is 0 Å². The normalized spacial score (nSPS) is 19.5. The highest BCUT2D eigenvalue weighted by molar-refractivity contribution is 5.78. The van der Waals surface area contributed by atoms with E-state index in [4.69, 9.17) is 9.84 Å². The quantitative estimate of drug-likeness (QED) is 0.0383. The van der Waals surface area contributed by atoms with Crippen LogP contribution in [-0.4, -0.2) is 86.8 Å². The molecule has 10 heteroatoms. The molecule has 1 heterocycles. The molecule has 0 aromatic heterocycles. The van der Waals surface area contributed by atoms with Gasteiger partial charge in [-0.15, -0.1) is 0 Å². The molecule has 1 aliphatic heterocycles. The van der Waals surface area contributed by atoms with Crippen LogP contribution in [0.1, 0.15) is 239 Å². The van der Waals surface area contributed by atoms with E-state index in [9.17, 15) is 29.7 Å². The Labute approximate surface area is 349 Å². The summed E-state index contributed by atoms with van der Waals surface area (Å²) in [5, 5.41) is 43.6. The molecule has 1 fully saturated rings. The molecule has 2 amide bonds. The van der Waals surface area contributed by atoms with Gasteiger partial charge < -0.3 is 35.4 Å². The minimum absolute atomic E-state index is 0.0754. The van der Waals surface area contributed by atoms with Crippen LogP contribution < -0.4 is 5.32 Å². The fourth-order valence-electron chi connectivity index (χ4n) is 8.19. The predicted molar refractivity (Wildman–Crippen MR) is 232 cm³/mol. The van der Waals surface area contributed by atoms with Crippen LogP contribution in [0.4, 0.5) is 0 Å². The first-order valence-electron chi connectivity index (χ1n) is 24.2. The SMILES string of the molecule is CCCCCCCCCCCCCCCCCCN(C(=O)CCCCCCCCCCCCCCCCC)[C@@H]1O[C@H](CO)[C@@H](O)[C@H](O)[C@H]1NC(=O)CCCC(=O)O. The van der Waals surface area contributed by atoms with E-state index >= 15 is 0 Å². The lowest BCUT2D eigenvalue weighted by atomic mass is 9.94. The number of nitrogens with one attached hydrogen (secondary N) is 1. The molecule has 0 bridgehead atoms. The number of nitrogens with zero attached hydrogens (tertiary/aromatic N) is 1. The van der Waals surface area contributed by atoms with Gasteiger partial charge in [0.15, 0.2) is 6.23 Å². The van der Waals surface area contributed by atoms with Gasteiger partial charge in [0.1, 0.15) is 24.4 Å². The second kappa shape index (κ2) is 37.3. The first-order chi connectivity index (χ1) is 27.8. The van der Waals surface area contributed by atoms with E-state index in [1.165, 1.54) is 148 Å². The molecule has 57 heavy (non-hydrogen) atoms. The van der Waals surface area contributed by atoms with Gasteiger partial charge in [-0.3, -0.25) is 14.4 Å². The summed E-state index contributed by atoms with van der Waals surface area (Å²) in [5.41, 5.74) is 0. The lowest BCUT2D eigenvalue weighted by Gasteiger charge is -2.47. The molecule has 1 saturated heterocycles. The Morgan fingerprint density at radius 1 is 0.509 bits per heavy atom. The van der Waals surface area contributed by atoms with Gasteiger partial charge in [0, 0.05) is 25.8 Å². The Hall–Kier alpha value is -1.75. The zero-order valence-electron chi connectivity index (χ0n) is 36.9. The Morgan fingerprint density at radius 3 is 1.28 bits per heavy atom. The van der Waals surface area contributed by atoms with Crippen molar-refractivity contribution in [2.24, 2.45) is 0 Å². The highest BCUT2D eigenvalue weighted by Crippen LogP contribution is 2.26. The van der Waals surface area contributed by atoms with Crippen molar-refractivity contribution >= 4 is 17.8 Å². The fraction of sp³-hybridized carbons (Fsp3) is 0.936. The lowest BCUT2D eigenvalue weighted by Crippen LogP contribution is -2.68. The number of carbonyl (C=O) groups is 3. The maximum Gasteiger partial charge on any atom is 0.303 e. The summed E-state index contributed by atoms with van der Waals surface area (Å²) in [4.78, 5) is 39.4. The average molecular weight is 811 g/mol. The molecule has 0 aromatic carbocycles. The van der Waals surface area contributed by atoms with E-state index in [-0.39, 0.29) is 25.2 Å². The minimum Gasteiger partial charge on any atom is -0.481 e. The van der Waals surface area contributed by atoms with Crippen molar-refractivity contribution in [2.75, 3.05) is 13.2 Å². The molecule has 5 N–H and O–H groups in total. The molecular weight excluding hydrogens is 721 g/mol. The molecule has 1 aliphatic rings. The van der Waals surface area contributed by atoms with Crippen LogP contribution in [0.2, 0.25) is 0 Å². The number of hydrogen-bond donors (Lipinski definition) is 5. The topological polar surface area (TPSA) is 157 Å². The number of carboxylic acids is 1. The monoisotopic (exact) mass is 811 g/mol. The van der Waals surface area contributed by atoms with Crippen LogP contribution in [0.15, 0.2) is 0 Å². The largest absolute Gasteiger partial charge is 0.481 e. The number of unbranched alkanes of at least 4 members (excludes halogenated alkanes) is 29. The van der Waals surface area contributed by atoms with Crippen molar-refractivity contribution in [3.63, 3.8) is 0 Å². The van der Waals surface area contributed by atoms with Crippen LogP contribution >= 0.6 is 0 Å². The first-order valence-corrected chi connectivity index (χ1v) is 24.2. The van der Waals surface area contributed by atoms with Crippen molar-refractivity contribution in [1.82, 2.24) is 10.2 Å². The number of ether oxygens (including phenoxy) is 1. The molecule has 5 atom stereocenters. The molecule has 0 radical (unpaired) electrons. The highest BCUT2D eigenvalue weighted by Gasteiger charge is 2.48. The van der Waals surface area contributed by atoms with E-state index < -0.39 is 49.1 Å². The van der Waals surface area contributed by atoms with E-state index in [0.717, 1.165) is 51.4 Å². The number of hydrogen-bond acceptors (Lipinski definition) is 7.